The molecular formula is C22H22FNO2S. The fourth-order valence-corrected chi connectivity index (χ4v) is 3.37. The molecule has 2 aromatic carbocycles. The Hall–Kier alpha value is -2.66. The molecule has 0 aliphatic carbocycles. The fourth-order valence-electron chi connectivity index (χ4n) is 2.56. The van der Waals surface area contributed by atoms with Gasteiger partial charge in [-0.05, 0) is 52.8 Å². The molecule has 27 heavy (non-hydrogen) atoms. The topological polar surface area (TPSA) is 38.3 Å². The van der Waals surface area contributed by atoms with Crippen LogP contribution in [0.4, 0.5) is 4.39 Å². The summed E-state index contributed by atoms with van der Waals surface area (Å²) in [4.78, 5) is 12.9. The van der Waals surface area contributed by atoms with Crippen LogP contribution in [-0.2, 0) is 13.2 Å². The molecular weight excluding hydrogens is 361 g/mol. The fraction of sp³-hybridized carbons (Fsp3) is 0.227. The highest BCUT2D eigenvalue weighted by atomic mass is 32.1. The SMILES string of the molecule is CC(C)c1ccc(OCc2csc(C(=O)NCc3ccc(F)cc3)c2)cc1. The summed E-state index contributed by atoms with van der Waals surface area (Å²) in [7, 11) is 0. The van der Waals surface area contributed by atoms with Gasteiger partial charge < -0.3 is 10.1 Å². The lowest BCUT2D eigenvalue weighted by atomic mass is 10.0. The van der Waals surface area contributed by atoms with Crippen molar-refractivity contribution in [3.05, 3.63) is 87.4 Å². The molecule has 0 saturated heterocycles. The van der Waals surface area contributed by atoms with Crippen LogP contribution < -0.4 is 10.1 Å². The van der Waals surface area contributed by atoms with E-state index in [1.807, 2.05) is 23.6 Å². The second-order valence-electron chi connectivity index (χ2n) is 6.64. The zero-order valence-electron chi connectivity index (χ0n) is 15.4. The van der Waals surface area contributed by atoms with E-state index in [4.69, 9.17) is 4.74 Å². The monoisotopic (exact) mass is 383 g/mol. The van der Waals surface area contributed by atoms with Crippen LogP contribution in [0.5, 0.6) is 5.75 Å². The van der Waals surface area contributed by atoms with Gasteiger partial charge in [0.25, 0.3) is 5.91 Å². The van der Waals surface area contributed by atoms with E-state index in [2.05, 4.69) is 31.3 Å². The highest BCUT2D eigenvalue weighted by Crippen LogP contribution is 2.21. The lowest BCUT2D eigenvalue weighted by molar-refractivity contribution is 0.0955. The molecule has 0 saturated carbocycles. The van der Waals surface area contributed by atoms with Gasteiger partial charge in [0.05, 0.1) is 4.88 Å². The van der Waals surface area contributed by atoms with Gasteiger partial charge in [0.2, 0.25) is 0 Å². The van der Waals surface area contributed by atoms with E-state index < -0.39 is 0 Å². The standard InChI is InChI=1S/C22H22FNO2S/c1-15(2)18-5-9-20(10-6-18)26-13-17-11-21(27-14-17)22(25)24-12-16-3-7-19(23)8-4-16/h3-11,14-15H,12-13H2,1-2H3,(H,24,25). The number of carbonyl (C=O) groups excluding carboxylic acids is 1. The van der Waals surface area contributed by atoms with Gasteiger partial charge in [0.15, 0.2) is 0 Å². The predicted octanol–water partition coefficient (Wildman–Crippen LogP) is 5.52. The highest BCUT2D eigenvalue weighted by Gasteiger charge is 2.10. The Balaban J connectivity index is 1.51. The smallest absolute Gasteiger partial charge is 0.261 e. The van der Waals surface area contributed by atoms with Crippen LogP contribution in [0.2, 0.25) is 0 Å². The third kappa shape index (κ3) is 5.41. The summed E-state index contributed by atoms with van der Waals surface area (Å²) < 4.78 is 18.7. The molecule has 1 amide bonds. The molecule has 140 valence electrons. The van der Waals surface area contributed by atoms with Gasteiger partial charge in [-0.1, -0.05) is 38.1 Å². The normalized spacial score (nSPS) is 10.8. The zero-order valence-corrected chi connectivity index (χ0v) is 16.2. The highest BCUT2D eigenvalue weighted by molar-refractivity contribution is 7.12. The number of rotatable bonds is 7. The minimum atomic E-state index is -0.285. The van der Waals surface area contributed by atoms with Crippen molar-refractivity contribution in [2.45, 2.75) is 32.9 Å². The molecule has 0 aliphatic heterocycles. The number of benzene rings is 2. The Labute approximate surface area is 162 Å². The maximum Gasteiger partial charge on any atom is 0.261 e. The molecule has 3 aromatic rings. The molecule has 5 heteroatoms. The van der Waals surface area contributed by atoms with Gasteiger partial charge in [-0.25, -0.2) is 4.39 Å². The lowest BCUT2D eigenvalue weighted by Gasteiger charge is -2.08. The number of nitrogens with one attached hydrogen (secondary N) is 1. The maximum atomic E-state index is 12.9. The van der Waals surface area contributed by atoms with E-state index in [1.165, 1.54) is 29.0 Å². The Bertz CT molecular complexity index is 885. The van der Waals surface area contributed by atoms with Crippen molar-refractivity contribution in [3.63, 3.8) is 0 Å². The van der Waals surface area contributed by atoms with Crippen molar-refractivity contribution >= 4 is 17.2 Å². The molecule has 1 N–H and O–H groups in total. The molecule has 0 spiro atoms. The van der Waals surface area contributed by atoms with Crippen molar-refractivity contribution in [2.75, 3.05) is 0 Å². The summed E-state index contributed by atoms with van der Waals surface area (Å²) in [5, 5.41) is 4.77. The Morgan fingerprint density at radius 1 is 1.07 bits per heavy atom. The zero-order chi connectivity index (χ0) is 19.2. The minimum absolute atomic E-state index is 0.142. The summed E-state index contributed by atoms with van der Waals surface area (Å²) in [6.45, 7) is 5.10. The lowest BCUT2D eigenvalue weighted by Crippen LogP contribution is -2.21. The van der Waals surface area contributed by atoms with Crippen LogP contribution in [0.15, 0.2) is 60.0 Å². The van der Waals surface area contributed by atoms with E-state index in [9.17, 15) is 9.18 Å². The molecule has 0 fully saturated rings. The molecule has 0 bridgehead atoms. The molecule has 3 nitrogen and oxygen atoms in total. The summed E-state index contributed by atoms with van der Waals surface area (Å²) >= 11 is 1.38. The van der Waals surface area contributed by atoms with Gasteiger partial charge in [-0.3, -0.25) is 4.79 Å². The first kappa shape index (κ1) is 19.1. The average molecular weight is 383 g/mol. The Morgan fingerprint density at radius 3 is 2.44 bits per heavy atom. The van der Waals surface area contributed by atoms with Crippen LogP contribution >= 0.6 is 11.3 Å². The van der Waals surface area contributed by atoms with Gasteiger partial charge in [0, 0.05) is 12.1 Å². The molecule has 0 aliphatic rings. The quantitative estimate of drug-likeness (QED) is 0.583. The molecule has 0 atom stereocenters. The van der Waals surface area contributed by atoms with Crippen LogP contribution in [0.25, 0.3) is 0 Å². The minimum Gasteiger partial charge on any atom is -0.489 e. The van der Waals surface area contributed by atoms with E-state index >= 15 is 0 Å². The molecule has 1 heterocycles. The number of hydrogen-bond acceptors (Lipinski definition) is 3. The van der Waals surface area contributed by atoms with Gasteiger partial charge in [-0.2, -0.15) is 0 Å². The van der Waals surface area contributed by atoms with E-state index in [0.717, 1.165) is 16.9 Å². The Morgan fingerprint density at radius 2 is 1.78 bits per heavy atom. The molecule has 0 radical (unpaired) electrons. The molecule has 1 aromatic heterocycles. The third-order valence-electron chi connectivity index (χ3n) is 4.20. The number of ether oxygens (including phenoxy) is 1. The van der Waals surface area contributed by atoms with Crippen molar-refractivity contribution in [2.24, 2.45) is 0 Å². The first-order chi connectivity index (χ1) is 13.0. The van der Waals surface area contributed by atoms with Crippen LogP contribution in [0.1, 0.15) is 46.1 Å². The number of thiophene rings is 1. The first-order valence-electron chi connectivity index (χ1n) is 8.84. The number of carbonyl (C=O) groups is 1. The van der Waals surface area contributed by atoms with Gasteiger partial charge in [0.1, 0.15) is 18.2 Å². The van der Waals surface area contributed by atoms with Crippen LogP contribution in [0, 0.1) is 5.82 Å². The summed E-state index contributed by atoms with van der Waals surface area (Å²) in [6, 6.07) is 16.0. The van der Waals surface area contributed by atoms with E-state index in [0.29, 0.717) is 23.9 Å². The van der Waals surface area contributed by atoms with Crippen LogP contribution in [-0.4, -0.2) is 5.91 Å². The van der Waals surface area contributed by atoms with Crippen molar-refractivity contribution < 1.29 is 13.9 Å². The van der Waals surface area contributed by atoms with Crippen LogP contribution in [0.3, 0.4) is 0 Å². The largest absolute Gasteiger partial charge is 0.489 e. The van der Waals surface area contributed by atoms with E-state index in [1.54, 1.807) is 12.1 Å². The van der Waals surface area contributed by atoms with Gasteiger partial charge >= 0.3 is 0 Å². The Kier molecular flexibility index (Phi) is 6.24. The second-order valence-corrected chi connectivity index (χ2v) is 7.55. The van der Waals surface area contributed by atoms with Crippen molar-refractivity contribution in [3.8, 4) is 5.75 Å². The molecule has 0 unspecified atom stereocenters. The maximum absolute atomic E-state index is 12.9. The number of halogens is 1. The predicted molar refractivity (Wildman–Crippen MR) is 107 cm³/mol. The van der Waals surface area contributed by atoms with Crippen molar-refractivity contribution in [1.29, 1.82) is 0 Å². The third-order valence-corrected chi connectivity index (χ3v) is 5.17. The number of hydrogen-bond donors (Lipinski definition) is 1. The first-order valence-corrected chi connectivity index (χ1v) is 9.72. The average Bonchev–Trinajstić information content (AvgIpc) is 3.15. The summed E-state index contributed by atoms with van der Waals surface area (Å²) in [6.07, 6.45) is 0. The van der Waals surface area contributed by atoms with E-state index in [-0.39, 0.29) is 11.7 Å². The summed E-state index contributed by atoms with van der Waals surface area (Å²) in [5.74, 6) is 0.878. The van der Waals surface area contributed by atoms with Crippen molar-refractivity contribution in [1.82, 2.24) is 5.32 Å². The summed E-state index contributed by atoms with van der Waals surface area (Å²) in [5.41, 5.74) is 3.09. The number of amides is 1. The van der Waals surface area contributed by atoms with Gasteiger partial charge in [-0.15, -0.1) is 11.3 Å². The second kappa shape index (κ2) is 8.82. The molecule has 3 rings (SSSR count).